The Balaban J connectivity index is 2.50. The van der Waals surface area contributed by atoms with Gasteiger partial charge in [0.1, 0.15) is 0 Å². The van der Waals surface area contributed by atoms with Gasteiger partial charge in [0.2, 0.25) is 5.91 Å². The minimum absolute atomic E-state index is 0.0934. The van der Waals surface area contributed by atoms with Gasteiger partial charge in [0.05, 0.1) is 0 Å². The predicted molar refractivity (Wildman–Crippen MR) is 67.9 cm³/mol. The molecule has 0 aromatic heterocycles. The number of hydrogen-bond acceptors (Lipinski definition) is 1. The van der Waals surface area contributed by atoms with Crippen LogP contribution in [0.2, 0.25) is 0 Å². The molecule has 1 atom stereocenters. The Morgan fingerprint density at radius 3 is 2.44 bits per heavy atom. The lowest BCUT2D eigenvalue weighted by atomic mass is 9.80. The van der Waals surface area contributed by atoms with Crippen LogP contribution in [0.3, 0.4) is 0 Å². The summed E-state index contributed by atoms with van der Waals surface area (Å²) in [6, 6.07) is 0. The first-order chi connectivity index (χ1) is 7.32. The van der Waals surface area contributed by atoms with Gasteiger partial charge in [-0.15, -0.1) is 0 Å². The lowest BCUT2D eigenvalue weighted by Gasteiger charge is -2.29. The quantitative estimate of drug-likeness (QED) is 0.779. The number of hydrogen-bond donors (Lipinski definition) is 1. The summed E-state index contributed by atoms with van der Waals surface area (Å²) in [7, 11) is 0. The fourth-order valence-electron chi connectivity index (χ4n) is 1.77. The van der Waals surface area contributed by atoms with Crippen molar-refractivity contribution < 1.29 is 4.79 Å². The van der Waals surface area contributed by atoms with Crippen molar-refractivity contribution in [2.45, 2.75) is 53.9 Å². The Bertz CT molecular complexity index is 289. The monoisotopic (exact) mass is 223 g/mol. The minimum Gasteiger partial charge on any atom is -0.330 e. The molecule has 0 heterocycles. The van der Waals surface area contributed by atoms with Crippen molar-refractivity contribution in [2.75, 3.05) is 0 Å². The summed E-state index contributed by atoms with van der Waals surface area (Å²) in [5.41, 5.74) is 1.52. The second kappa shape index (κ2) is 5.03. The standard InChI is InChI=1S/C14H25NO/c1-10(2)11(3)13(16)15-12-6-8-14(4,5)9-7-12/h6,10-11H,7-9H2,1-5H3,(H,15,16)/t11-/m1/s1. The van der Waals surface area contributed by atoms with E-state index < -0.39 is 0 Å². The van der Waals surface area contributed by atoms with Crippen molar-refractivity contribution in [1.82, 2.24) is 5.32 Å². The summed E-state index contributed by atoms with van der Waals surface area (Å²) in [6.07, 6.45) is 5.42. The molecule has 0 saturated heterocycles. The van der Waals surface area contributed by atoms with E-state index in [4.69, 9.17) is 0 Å². The Labute approximate surface area is 99.5 Å². The Kier molecular flexibility index (Phi) is 4.17. The fourth-order valence-corrected chi connectivity index (χ4v) is 1.77. The number of carbonyl (C=O) groups is 1. The molecule has 0 fully saturated rings. The van der Waals surface area contributed by atoms with Crippen LogP contribution >= 0.6 is 0 Å². The van der Waals surface area contributed by atoms with Gasteiger partial charge in [0.15, 0.2) is 0 Å². The van der Waals surface area contributed by atoms with Crippen LogP contribution in [-0.2, 0) is 4.79 Å². The molecule has 0 spiro atoms. The maximum absolute atomic E-state index is 11.9. The molecule has 1 amide bonds. The van der Waals surface area contributed by atoms with Crippen LogP contribution in [0.4, 0.5) is 0 Å². The molecule has 1 aliphatic carbocycles. The molecule has 0 aromatic carbocycles. The molecular weight excluding hydrogens is 198 g/mol. The third-order valence-electron chi connectivity index (χ3n) is 3.67. The summed E-state index contributed by atoms with van der Waals surface area (Å²) >= 11 is 0. The van der Waals surface area contributed by atoms with Crippen LogP contribution in [0.25, 0.3) is 0 Å². The Hall–Kier alpha value is -0.790. The van der Waals surface area contributed by atoms with Crippen LogP contribution in [0.15, 0.2) is 11.8 Å². The third kappa shape index (κ3) is 3.66. The summed E-state index contributed by atoms with van der Waals surface area (Å²) in [6.45, 7) is 10.7. The zero-order valence-corrected chi connectivity index (χ0v) is 11.3. The fraction of sp³-hybridized carbons (Fsp3) is 0.786. The molecular formula is C14H25NO. The van der Waals surface area contributed by atoms with Crippen LogP contribution in [0.1, 0.15) is 53.9 Å². The van der Waals surface area contributed by atoms with Gasteiger partial charge in [-0.25, -0.2) is 0 Å². The molecule has 0 aliphatic heterocycles. The lowest BCUT2D eigenvalue weighted by molar-refractivity contribution is -0.125. The van der Waals surface area contributed by atoms with Crippen molar-refractivity contribution in [2.24, 2.45) is 17.3 Å². The molecule has 92 valence electrons. The number of nitrogens with one attached hydrogen (secondary N) is 1. The highest BCUT2D eigenvalue weighted by Gasteiger charge is 2.23. The maximum Gasteiger partial charge on any atom is 0.227 e. The highest BCUT2D eigenvalue weighted by atomic mass is 16.1. The van der Waals surface area contributed by atoms with E-state index >= 15 is 0 Å². The minimum atomic E-state index is 0.0934. The molecule has 2 nitrogen and oxygen atoms in total. The van der Waals surface area contributed by atoms with Crippen molar-refractivity contribution in [1.29, 1.82) is 0 Å². The molecule has 1 N–H and O–H groups in total. The first kappa shape index (κ1) is 13.3. The second-order valence-corrected chi connectivity index (χ2v) is 6.12. The highest BCUT2D eigenvalue weighted by molar-refractivity contribution is 5.80. The topological polar surface area (TPSA) is 29.1 Å². The summed E-state index contributed by atoms with van der Waals surface area (Å²) in [4.78, 5) is 11.9. The van der Waals surface area contributed by atoms with Gasteiger partial charge in [0.25, 0.3) is 0 Å². The zero-order valence-electron chi connectivity index (χ0n) is 11.3. The molecule has 0 aromatic rings. The number of allylic oxidation sites excluding steroid dienone is 2. The van der Waals surface area contributed by atoms with E-state index in [2.05, 4.69) is 39.1 Å². The van der Waals surface area contributed by atoms with E-state index in [9.17, 15) is 4.79 Å². The van der Waals surface area contributed by atoms with Gasteiger partial charge in [-0.1, -0.05) is 40.7 Å². The molecule has 16 heavy (non-hydrogen) atoms. The van der Waals surface area contributed by atoms with Crippen molar-refractivity contribution in [3.05, 3.63) is 11.8 Å². The van der Waals surface area contributed by atoms with E-state index in [-0.39, 0.29) is 11.8 Å². The molecule has 2 heteroatoms. The van der Waals surface area contributed by atoms with Gasteiger partial charge in [-0.2, -0.15) is 0 Å². The Morgan fingerprint density at radius 2 is 2.00 bits per heavy atom. The van der Waals surface area contributed by atoms with E-state index in [1.54, 1.807) is 0 Å². The van der Waals surface area contributed by atoms with Crippen molar-refractivity contribution in [3.8, 4) is 0 Å². The zero-order chi connectivity index (χ0) is 12.3. The number of amides is 1. The van der Waals surface area contributed by atoms with Gasteiger partial charge in [0, 0.05) is 11.6 Å². The van der Waals surface area contributed by atoms with Gasteiger partial charge < -0.3 is 5.32 Å². The average molecular weight is 223 g/mol. The van der Waals surface area contributed by atoms with Crippen LogP contribution < -0.4 is 5.32 Å². The number of carbonyl (C=O) groups excluding carboxylic acids is 1. The maximum atomic E-state index is 11.9. The van der Waals surface area contributed by atoms with Gasteiger partial charge >= 0.3 is 0 Å². The highest BCUT2D eigenvalue weighted by Crippen LogP contribution is 2.33. The first-order valence-corrected chi connectivity index (χ1v) is 6.32. The van der Waals surface area contributed by atoms with E-state index in [0.29, 0.717) is 11.3 Å². The van der Waals surface area contributed by atoms with Gasteiger partial charge in [-0.05, 0) is 30.6 Å². The molecule has 1 aliphatic rings. The molecule has 1 rings (SSSR count). The lowest BCUT2D eigenvalue weighted by Crippen LogP contribution is -2.33. The van der Waals surface area contributed by atoms with Crippen LogP contribution in [0, 0.1) is 17.3 Å². The smallest absolute Gasteiger partial charge is 0.227 e. The largest absolute Gasteiger partial charge is 0.330 e. The third-order valence-corrected chi connectivity index (χ3v) is 3.67. The summed E-state index contributed by atoms with van der Waals surface area (Å²) < 4.78 is 0. The van der Waals surface area contributed by atoms with Gasteiger partial charge in [-0.3, -0.25) is 4.79 Å². The Morgan fingerprint density at radius 1 is 1.38 bits per heavy atom. The first-order valence-electron chi connectivity index (χ1n) is 6.32. The summed E-state index contributed by atoms with van der Waals surface area (Å²) in [5.74, 6) is 0.664. The van der Waals surface area contributed by atoms with Crippen LogP contribution in [0.5, 0.6) is 0 Å². The molecule has 0 radical (unpaired) electrons. The number of rotatable bonds is 3. The predicted octanol–water partition coefficient (Wildman–Crippen LogP) is 3.49. The van der Waals surface area contributed by atoms with Crippen molar-refractivity contribution in [3.63, 3.8) is 0 Å². The van der Waals surface area contributed by atoms with E-state index in [1.165, 1.54) is 0 Å². The summed E-state index contributed by atoms with van der Waals surface area (Å²) in [5, 5.41) is 3.06. The molecule has 0 bridgehead atoms. The van der Waals surface area contributed by atoms with E-state index in [1.807, 2.05) is 6.92 Å². The van der Waals surface area contributed by atoms with Crippen LogP contribution in [-0.4, -0.2) is 5.91 Å². The second-order valence-electron chi connectivity index (χ2n) is 6.12. The van der Waals surface area contributed by atoms with E-state index in [0.717, 1.165) is 25.0 Å². The molecule has 0 saturated carbocycles. The normalized spacial score (nSPS) is 21.5. The average Bonchev–Trinajstić information content (AvgIpc) is 2.19. The van der Waals surface area contributed by atoms with Crippen molar-refractivity contribution >= 4 is 5.91 Å². The molecule has 0 unspecified atom stereocenters. The SMILES string of the molecule is CC(C)[C@@H](C)C(=O)NC1=CCC(C)(C)CC1.